The molecule has 0 aliphatic heterocycles. The molecule has 0 aromatic heterocycles. The van der Waals surface area contributed by atoms with Crippen molar-refractivity contribution >= 4 is 29.3 Å². The van der Waals surface area contributed by atoms with Crippen molar-refractivity contribution in [1.29, 1.82) is 0 Å². The minimum atomic E-state index is -0.0190. The SMILES string of the molecule is CCCCCCCOC(=O)CCCCCCCCCC(CCCCCCCCCC(=O)OC(CCCCCC)CCCCCC)N=C=S. The van der Waals surface area contributed by atoms with Crippen molar-refractivity contribution in [1.82, 2.24) is 0 Å². The van der Waals surface area contributed by atoms with Crippen molar-refractivity contribution in [2.45, 2.75) is 245 Å². The number of ether oxygens (including phenoxy) is 2. The van der Waals surface area contributed by atoms with Crippen LogP contribution in [0.3, 0.4) is 0 Å². The van der Waals surface area contributed by atoms with Crippen LogP contribution in [0.1, 0.15) is 233 Å². The van der Waals surface area contributed by atoms with E-state index in [-0.39, 0.29) is 18.0 Å². The molecule has 0 spiro atoms. The second kappa shape index (κ2) is 38.5. The zero-order valence-electron chi connectivity index (χ0n) is 32.2. The molecular weight excluding hydrogens is 615 g/mol. The van der Waals surface area contributed by atoms with Gasteiger partial charge in [-0.15, -0.1) is 0 Å². The molecule has 0 saturated carbocycles. The number of carbonyl (C=O) groups excluding carboxylic acids is 2. The van der Waals surface area contributed by atoms with E-state index in [9.17, 15) is 9.59 Å². The van der Waals surface area contributed by atoms with Crippen LogP contribution in [-0.4, -0.2) is 35.9 Å². The van der Waals surface area contributed by atoms with Gasteiger partial charge in [-0.1, -0.05) is 162 Å². The number of nitrogens with zero attached hydrogens (tertiary/aromatic N) is 1. The summed E-state index contributed by atoms with van der Waals surface area (Å²) >= 11 is 4.93. The van der Waals surface area contributed by atoms with Crippen molar-refractivity contribution in [3.05, 3.63) is 0 Å². The lowest BCUT2D eigenvalue weighted by atomic mass is 10.00. The number of hydrogen-bond acceptors (Lipinski definition) is 6. The molecule has 5 nitrogen and oxygen atoms in total. The lowest BCUT2D eigenvalue weighted by Crippen LogP contribution is -2.18. The van der Waals surface area contributed by atoms with Gasteiger partial charge < -0.3 is 9.47 Å². The number of aliphatic imine (C=N–C) groups is 1. The van der Waals surface area contributed by atoms with Gasteiger partial charge in [-0.05, 0) is 70.0 Å². The van der Waals surface area contributed by atoms with Gasteiger partial charge in [0, 0.05) is 12.8 Å². The minimum absolute atomic E-state index is 0.0190. The average molecular weight is 694 g/mol. The van der Waals surface area contributed by atoms with E-state index in [4.69, 9.17) is 21.7 Å². The largest absolute Gasteiger partial charge is 0.466 e. The van der Waals surface area contributed by atoms with E-state index in [0.717, 1.165) is 57.8 Å². The Kier molecular flexibility index (Phi) is 37.5. The summed E-state index contributed by atoms with van der Waals surface area (Å²) in [4.78, 5) is 28.8. The normalized spacial score (nSPS) is 11.8. The van der Waals surface area contributed by atoms with E-state index < -0.39 is 0 Å². The smallest absolute Gasteiger partial charge is 0.306 e. The molecule has 0 fully saturated rings. The molecule has 0 rings (SSSR count). The third kappa shape index (κ3) is 34.6. The minimum Gasteiger partial charge on any atom is -0.466 e. The average Bonchev–Trinajstić information content (AvgIpc) is 3.08. The molecule has 0 radical (unpaired) electrons. The molecule has 48 heavy (non-hydrogen) atoms. The Labute approximate surface area is 304 Å². The van der Waals surface area contributed by atoms with Crippen molar-refractivity contribution in [2.24, 2.45) is 4.99 Å². The standard InChI is InChI=1S/C42H79NO4S/c1-4-7-10-23-30-37-46-41(44)35-28-21-17-13-15-19-24-31-39(43-38-48)32-25-20-16-14-18-22-29-36-42(45)47-40(33-26-11-8-5-2)34-27-12-9-6-3/h39-40H,4-37H2,1-3H3. The van der Waals surface area contributed by atoms with Crippen molar-refractivity contribution in [3.8, 4) is 0 Å². The van der Waals surface area contributed by atoms with Gasteiger partial charge in [0.1, 0.15) is 6.10 Å². The molecule has 0 aliphatic rings. The van der Waals surface area contributed by atoms with Crippen LogP contribution in [0.5, 0.6) is 0 Å². The van der Waals surface area contributed by atoms with E-state index in [1.807, 2.05) is 0 Å². The van der Waals surface area contributed by atoms with Gasteiger partial charge in [0.05, 0.1) is 17.8 Å². The fraction of sp³-hybridized carbons (Fsp3) is 0.929. The number of isothiocyanates is 1. The topological polar surface area (TPSA) is 65.0 Å². The van der Waals surface area contributed by atoms with Crippen LogP contribution in [0.2, 0.25) is 0 Å². The molecule has 0 aromatic rings. The number of esters is 2. The van der Waals surface area contributed by atoms with Gasteiger partial charge in [-0.3, -0.25) is 9.59 Å². The fourth-order valence-electron chi connectivity index (χ4n) is 6.48. The Balaban J connectivity index is 3.77. The van der Waals surface area contributed by atoms with Gasteiger partial charge in [-0.2, -0.15) is 0 Å². The van der Waals surface area contributed by atoms with Crippen molar-refractivity contribution in [2.75, 3.05) is 6.61 Å². The van der Waals surface area contributed by atoms with Crippen LogP contribution in [0.4, 0.5) is 0 Å². The summed E-state index contributed by atoms with van der Waals surface area (Å²) < 4.78 is 11.3. The lowest BCUT2D eigenvalue weighted by molar-refractivity contribution is -0.150. The predicted octanol–water partition coefficient (Wildman–Crippen LogP) is 13.8. The van der Waals surface area contributed by atoms with Crippen LogP contribution in [-0.2, 0) is 19.1 Å². The van der Waals surface area contributed by atoms with Gasteiger partial charge in [-0.25, -0.2) is 4.99 Å². The monoisotopic (exact) mass is 694 g/mol. The first kappa shape index (κ1) is 46.7. The first-order valence-corrected chi connectivity index (χ1v) is 21.4. The highest BCUT2D eigenvalue weighted by Crippen LogP contribution is 2.19. The summed E-state index contributed by atoms with van der Waals surface area (Å²) in [6.45, 7) is 7.29. The number of carbonyl (C=O) groups is 2. The molecule has 282 valence electrons. The third-order valence-corrected chi connectivity index (χ3v) is 9.75. The van der Waals surface area contributed by atoms with Crippen LogP contribution in [0.25, 0.3) is 0 Å². The fourth-order valence-corrected chi connectivity index (χ4v) is 6.63. The maximum Gasteiger partial charge on any atom is 0.306 e. The highest BCUT2D eigenvalue weighted by atomic mass is 32.1. The first-order chi connectivity index (χ1) is 23.6. The zero-order valence-corrected chi connectivity index (χ0v) is 33.0. The first-order valence-electron chi connectivity index (χ1n) is 21.0. The molecule has 0 heterocycles. The maximum absolute atomic E-state index is 12.5. The molecule has 0 aromatic carbocycles. The highest BCUT2D eigenvalue weighted by molar-refractivity contribution is 7.78. The van der Waals surface area contributed by atoms with Gasteiger partial charge in [0.15, 0.2) is 0 Å². The van der Waals surface area contributed by atoms with E-state index >= 15 is 0 Å². The summed E-state index contributed by atoms with van der Waals surface area (Å²) in [5.41, 5.74) is 0. The Bertz CT molecular complexity index is 742. The maximum atomic E-state index is 12.5. The predicted molar refractivity (Wildman–Crippen MR) is 209 cm³/mol. The second-order valence-electron chi connectivity index (χ2n) is 14.3. The number of unbranched alkanes of at least 4 members (excludes halogenated alkanes) is 22. The number of hydrogen-bond donors (Lipinski definition) is 0. The molecule has 0 amide bonds. The highest BCUT2D eigenvalue weighted by Gasteiger charge is 2.14. The van der Waals surface area contributed by atoms with Crippen LogP contribution in [0.15, 0.2) is 4.99 Å². The Morgan fingerprint density at radius 2 is 0.875 bits per heavy atom. The Hall–Kier alpha value is -1.26. The van der Waals surface area contributed by atoms with Crippen LogP contribution < -0.4 is 0 Å². The molecule has 6 heteroatoms. The number of rotatable bonds is 38. The molecular formula is C42H79NO4S. The lowest BCUT2D eigenvalue weighted by Gasteiger charge is -2.18. The van der Waals surface area contributed by atoms with Crippen molar-refractivity contribution < 1.29 is 19.1 Å². The summed E-state index contributed by atoms with van der Waals surface area (Å²) in [5, 5.41) is 2.63. The van der Waals surface area contributed by atoms with E-state index in [0.29, 0.717) is 25.5 Å². The summed E-state index contributed by atoms with van der Waals surface area (Å²) in [7, 11) is 0. The molecule has 1 atom stereocenters. The Morgan fingerprint density at radius 3 is 1.35 bits per heavy atom. The molecule has 0 saturated heterocycles. The second-order valence-corrected chi connectivity index (χ2v) is 14.5. The Morgan fingerprint density at radius 1 is 0.500 bits per heavy atom. The number of thiocarbonyl (C=S) groups is 1. The van der Waals surface area contributed by atoms with Gasteiger partial charge >= 0.3 is 11.9 Å². The molecule has 1 unspecified atom stereocenters. The van der Waals surface area contributed by atoms with E-state index in [1.165, 1.54) is 141 Å². The van der Waals surface area contributed by atoms with Gasteiger partial charge in [0.2, 0.25) is 0 Å². The summed E-state index contributed by atoms with van der Waals surface area (Å²) in [6, 6.07) is 0.327. The molecule has 0 aliphatic carbocycles. The summed E-state index contributed by atoms with van der Waals surface area (Å²) in [6.07, 6.45) is 37.9. The van der Waals surface area contributed by atoms with E-state index in [1.54, 1.807) is 0 Å². The van der Waals surface area contributed by atoms with Crippen LogP contribution in [0, 0.1) is 0 Å². The zero-order chi connectivity index (χ0) is 35.2. The third-order valence-electron chi connectivity index (χ3n) is 9.64. The van der Waals surface area contributed by atoms with Crippen molar-refractivity contribution in [3.63, 3.8) is 0 Å². The van der Waals surface area contributed by atoms with E-state index in [2.05, 4.69) is 30.9 Å². The molecule has 0 bridgehead atoms. The quantitative estimate of drug-likeness (QED) is 0.0279. The summed E-state index contributed by atoms with van der Waals surface area (Å²) in [5.74, 6) is 0.00293. The molecule has 0 N–H and O–H groups in total. The van der Waals surface area contributed by atoms with Gasteiger partial charge in [0.25, 0.3) is 0 Å². The van der Waals surface area contributed by atoms with Crippen LogP contribution >= 0.6 is 12.2 Å².